The number of methoxy groups -OCH3 is 1. The summed E-state index contributed by atoms with van der Waals surface area (Å²) in [5.41, 5.74) is 7.28. The molecule has 6 nitrogen and oxygen atoms in total. The van der Waals surface area contributed by atoms with E-state index in [0.717, 1.165) is 16.1 Å². The van der Waals surface area contributed by atoms with Crippen molar-refractivity contribution < 1.29 is 9.53 Å². The molecule has 0 aliphatic carbocycles. The van der Waals surface area contributed by atoms with Crippen LogP contribution in [-0.4, -0.2) is 35.6 Å². The Balaban J connectivity index is 0.00000288. The molecule has 0 fully saturated rings. The van der Waals surface area contributed by atoms with Crippen LogP contribution >= 0.6 is 24.2 Å². The van der Waals surface area contributed by atoms with Crippen LogP contribution in [0.1, 0.15) is 12.0 Å². The highest BCUT2D eigenvalue weighted by Crippen LogP contribution is 2.27. The van der Waals surface area contributed by atoms with Gasteiger partial charge in [-0.2, -0.15) is 0 Å². The molecule has 8 heteroatoms. The maximum Gasteiger partial charge on any atom is 0.227 e. The monoisotopic (exact) mass is 368 g/mol. The van der Waals surface area contributed by atoms with Gasteiger partial charge in [0.25, 0.3) is 0 Å². The van der Waals surface area contributed by atoms with Gasteiger partial charge in [0.15, 0.2) is 5.16 Å². The minimum atomic E-state index is -0.264. The molecule has 1 heterocycles. The minimum absolute atomic E-state index is 0. The summed E-state index contributed by atoms with van der Waals surface area (Å²) in [6.45, 7) is 2.26. The standard InChI is InChI=1S/C16H20N4O2S.ClH/c1-11-8-13(23-16-18-6-3-7-19-16)4-5-14(11)20-15(21)9-12(10-17)22-2;/h3-8,12H,9-10,17H2,1-2H3,(H,20,21);1H. The topological polar surface area (TPSA) is 90.1 Å². The van der Waals surface area contributed by atoms with E-state index < -0.39 is 0 Å². The Labute approximate surface area is 152 Å². The number of hydrogen-bond acceptors (Lipinski definition) is 6. The van der Waals surface area contributed by atoms with Gasteiger partial charge in [-0.05, 0) is 48.5 Å². The van der Waals surface area contributed by atoms with Crippen LogP contribution in [-0.2, 0) is 9.53 Å². The predicted molar refractivity (Wildman–Crippen MR) is 97.7 cm³/mol. The van der Waals surface area contributed by atoms with Crippen LogP contribution in [0.5, 0.6) is 0 Å². The Morgan fingerprint density at radius 3 is 2.67 bits per heavy atom. The highest BCUT2D eigenvalue weighted by molar-refractivity contribution is 7.99. The van der Waals surface area contributed by atoms with Gasteiger partial charge >= 0.3 is 0 Å². The lowest BCUT2D eigenvalue weighted by Gasteiger charge is -2.14. The lowest BCUT2D eigenvalue weighted by Crippen LogP contribution is -2.28. The number of benzene rings is 1. The molecule has 0 saturated carbocycles. The molecule has 0 spiro atoms. The lowest BCUT2D eigenvalue weighted by atomic mass is 10.2. The number of rotatable bonds is 7. The number of carbonyl (C=O) groups is 1. The summed E-state index contributed by atoms with van der Waals surface area (Å²) < 4.78 is 5.12. The SMILES string of the molecule is COC(CN)CC(=O)Nc1ccc(Sc2ncccn2)cc1C.Cl. The summed E-state index contributed by atoms with van der Waals surface area (Å²) in [6.07, 6.45) is 3.39. The molecule has 2 rings (SSSR count). The summed E-state index contributed by atoms with van der Waals surface area (Å²) in [4.78, 5) is 21.4. The fourth-order valence-corrected chi connectivity index (χ4v) is 2.76. The zero-order valence-electron chi connectivity index (χ0n) is 13.6. The third-order valence-corrected chi connectivity index (χ3v) is 4.12. The molecule has 0 saturated heterocycles. The highest BCUT2D eigenvalue weighted by Gasteiger charge is 2.12. The van der Waals surface area contributed by atoms with Gasteiger partial charge in [-0.1, -0.05) is 0 Å². The van der Waals surface area contributed by atoms with Crippen molar-refractivity contribution in [2.24, 2.45) is 5.73 Å². The molecule has 1 aromatic heterocycles. The molecule has 0 aliphatic rings. The average Bonchev–Trinajstić information content (AvgIpc) is 2.56. The van der Waals surface area contributed by atoms with Crippen molar-refractivity contribution in [1.82, 2.24) is 9.97 Å². The molecular weight excluding hydrogens is 348 g/mol. The van der Waals surface area contributed by atoms with Gasteiger partial charge in [0.05, 0.1) is 12.5 Å². The molecular formula is C16H21ClN4O2S. The van der Waals surface area contributed by atoms with Crippen molar-refractivity contribution >= 4 is 35.8 Å². The second-order valence-electron chi connectivity index (χ2n) is 4.96. The van der Waals surface area contributed by atoms with Crippen LogP contribution in [0.2, 0.25) is 0 Å². The smallest absolute Gasteiger partial charge is 0.227 e. The fraction of sp³-hybridized carbons (Fsp3) is 0.312. The first-order chi connectivity index (χ1) is 11.1. The summed E-state index contributed by atoms with van der Waals surface area (Å²) in [5, 5.41) is 3.57. The van der Waals surface area contributed by atoms with Gasteiger partial charge in [0.1, 0.15) is 0 Å². The molecule has 0 bridgehead atoms. The van der Waals surface area contributed by atoms with Crippen molar-refractivity contribution in [3.8, 4) is 0 Å². The third kappa shape index (κ3) is 6.09. The molecule has 1 amide bonds. The van der Waals surface area contributed by atoms with Crippen LogP contribution in [0, 0.1) is 6.92 Å². The molecule has 1 unspecified atom stereocenters. The number of nitrogens with one attached hydrogen (secondary N) is 1. The first kappa shape index (κ1) is 20.4. The maximum absolute atomic E-state index is 12.0. The normalized spacial score (nSPS) is 11.5. The summed E-state index contributed by atoms with van der Waals surface area (Å²) in [7, 11) is 1.55. The van der Waals surface area contributed by atoms with Crippen molar-refractivity contribution in [3.63, 3.8) is 0 Å². The van der Waals surface area contributed by atoms with E-state index >= 15 is 0 Å². The van der Waals surface area contributed by atoms with Crippen molar-refractivity contribution in [1.29, 1.82) is 0 Å². The molecule has 130 valence electrons. The number of nitrogens with two attached hydrogens (primary N) is 1. The van der Waals surface area contributed by atoms with Gasteiger partial charge in [-0.3, -0.25) is 4.79 Å². The number of nitrogens with zero attached hydrogens (tertiary/aromatic N) is 2. The number of halogens is 1. The second-order valence-corrected chi connectivity index (χ2v) is 6.00. The molecule has 0 aliphatic heterocycles. The number of ether oxygens (including phenoxy) is 1. The Morgan fingerprint density at radius 2 is 2.08 bits per heavy atom. The van der Waals surface area contributed by atoms with Crippen LogP contribution in [0.4, 0.5) is 5.69 Å². The Hall–Kier alpha value is -1.67. The van der Waals surface area contributed by atoms with E-state index in [-0.39, 0.29) is 30.8 Å². The number of aromatic nitrogens is 2. The molecule has 1 atom stereocenters. The van der Waals surface area contributed by atoms with Crippen molar-refractivity contribution in [2.45, 2.75) is 29.5 Å². The average molecular weight is 369 g/mol. The molecule has 24 heavy (non-hydrogen) atoms. The van der Waals surface area contributed by atoms with Gasteiger partial charge in [-0.15, -0.1) is 12.4 Å². The Kier molecular flexibility index (Phi) is 8.70. The van der Waals surface area contributed by atoms with Gasteiger partial charge in [-0.25, -0.2) is 9.97 Å². The number of amides is 1. The molecule has 1 aromatic carbocycles. The Bertz CT molecular complexity index is 654. The van der Waals surface area contributed by atoms with Crippen molar-refractivity contribution in [3.05, 3.63) is 42.2 Å². The van der Waals surface area contributed by atoms with Crippen LogP contribution in [0.25, 0.3) is 0 Å². The second kappa shape index (κ2) is 10.2. The maximum atomic E-state index is 12.0. The summed E-state index contributed by atoms with van der Waals surface area (Å²) in [5.74, 6) is -0.114. The zero-order chi connectivity index (χ0) is 16.7. The number of anilines is 1. The van der Waals surface area contributed by atoms with Crippen LogP contribution in [0.3, 0.4) is 0 Å². The van der Waals surface area contributed by atoms with Crippen LogP contribution in [0.15, 0.2) is 46.7 Å². The number of carbonyl (C=O) groups excluding carboxylic acids is 1. The first-order valence-corrected chi connectivity index (χ1v) is 8.02. The fourth-order valence-electron chi connectivity index (χ4n) is 1.95. The van der Waals surface area contributed by atoms with E-state index in [4.69, 9.17) is 10.5 Å². The predicted octanol–water partition coefficient (Wildman–Crippen LogP) is 2.66. The minimum Gasteiger partial charge on any atom is -0.380 e. The van der Waals surface area contributed by atoms with E-state index in [2.05, 4.69) is 15.3 Å². The van der Waals surface area contributed by atoms with E-state index in [1.54, 1.807) is 25.6 Å². The lowest BCUT2D eigenvalue weighted by molar-refractivity contribution is -0.118. The quantitative estimate of drug-likeness (QED) is 0.730. The zero-order valence-corrected chi connectivity index (χ0v) is 15.2. The van der Waals surface area contributed by atoms with Crippen molar-refractivity contribution in [2.75, 3.05) is 19.0 Å². The van der Waals surface area contributed by atoms with E-state index in [0.29, 0.717) is 11.7 Å². The number of hydrogen-bond donors (Lipinski definition) is 2. The third-order valence-electron chi connectivity index (χ3n) is 3.23. The van der Waals surface area contributed by atoms with E-state index in [1.807, 2.05) is 25.1 Å². The largest absolute Gasteiger partial charge is 0.380 e. The van der Waals surface area contributed by atoms with Gasteiger partial charge in [0.2, 0.25) is 5.91 Å². The summed E-state index contributed by atoms with van der Waals surface area (Å²) in [6, 6.07) is 7.58. The highest BCUT2D eigenvalue weighted by atomic mass is 35.5. The van der Waals surface area contributed by atoms with E-state index in [9.17, 15) is 4.79 Å². The molecule has 0 radical (unpaired) electrons. The summed E-state index contributed by atoms with van der Waals surface area (Å²) >= 11 is 1.48. The van der Waals surface area contributed by atoms with E-state index in [1.165, 1.54) is 11.8 Å². The first-order valence-electron chi connectivity index (χ1n) is 7.20. The molecule has 3 N–H and O–H groups in total. The van der Waals surface area contributed by atoms with Gasteiger partial charge < -0.3 is 15.8 Å². The van der Waals surface area contributed by atoms with Gasteiger partial charge in [0, 0.05) is 36.6 Å². The molecule has 2 aromatic rings. The Morgan fingerprint density at radius 1 is 1.38 bits per heavy atom. The number of aryl methyl sites for hydroxylation is 1. The van der Waals surface area contributed by atoms with Crippen LogP contribution < -0.4 is 11.1 Å².